The van der Waals surface area contributed by atoms with Crippen LogP contribution in [0.2, 0.25) is 5.02 Å². The van der Waals surface area contributed by atoms with Crippen molar-refractivity contribution >= 4 is 63.1 Å². The van der Waals surface area contributed by atoms with Crippen LogP contribution in [0.4, 0.5) is 5.69 Å². The van der Waals surface area contributed by atoms with Gasteiger partial charge >= 0.3 is 0 Å². The number of aromatic nitrogens is 1. The van der Waals surface area contributed by atoms with E-state index in [1.807, 2.05) is 41.9 Å². The smallest absolute Gasteiger partial charge is 0.261 e. The number of anilines is 1. The average molecular weight is 470 g/mol. The first-order chi connectivity index (χ1) is 15.1. The zero-order valence-electron chi connectivity index (χ0n) is 16.5. The fourth-order valence-corrected chi connectivity index (χ4v) is 4.83. The third kappa shape index (κ3) is 5.50. The van der Waals surface area contributed by atoms with Gasteiger partial charge in [-0.15, -0.1) is 23.1 Å². The Bertz CT molecular complexity index is 1190. The molecule has 158 valence electrons. The average Bonchev–Trinajstić information content (AvgIpc) is 3.43. The highest BCUT2D eigenvalue weighted by molar-refractivity contribution is 8.00. The predicted molar refractivity (Wildman–Crippen MR) is 129 cm³/mol. The molecule has 0 aliphatic rings. The van der Waals surface area contributed by atoms with Gasteiger partial charge in [0, 0.05) is 45.8 Å². The number of thiophene rings is 1. The molecule has 2 aromatic heterocycles. The Hall–Kier alpha value is -2.74. The largest absolute Gasteiger partial charge is 0.350 e. The number of benzene rings is 2. The van der Waals surface area contributed by atoms with Crippen LogP contribution in [0.5, 0.6) is 0 Å². The van der Waals surface area contributed by atoms with Gasteiger partial charge in [-0.25, -0.2) is 0 Å². The minimum absolute atomic E-state index is 0.0556. The van der Waals surface area contributed by atoms with Crippen molar-refractivity contribution in [1.29, 1.82) is 0 Å². The van der Waals surface area contributed by atoms with Crippen LogP contribution in [-0.2, 0) is 11.3 Å². The molecule has 0 bridgehead atoms. The fourth-order valence-electron chi connectivity index (χ4n) is 3.17. The van der Waals surface area contributed by atoms with Gasteiger partial charge in [0.1, 0.15) is 0 Å². The van der Waals surface area contributed by atoms with Crippen molar-refractivity contribution in [3.63, 3.8) is 0 Å². The quantitative estimate of drug-likeness (QED) is 0.334. The molecule has 8 heteroatoms. The molecule has 0 saturated heterocycles. The van der Waals surface area contributed by atoms with Gasteiger partial charge in [-0.1, -0.05) is 35.9 Å². The molecule has 0 aliphatic heterocycles. The Morgan fingerprint density at radius 1 is 1.03 bits per heavy atom. The molecule has 2 amide bonds. The van der Waals surface area contributed by atoms with Crippen LogP contribution < -0.4 is 10.6 Å². The molecule has 31 heavy (non-hydrogen) atoms. The number of halogens is 1. The number of carbonyl (C=O) groups excluding carboxylic acids is 2. The summed E-state index contributed by atoms with van der Waals surface area (Å²) in [4.78, 5) is 26.2. The molecule has 5 nitrogen and oxygen atoms in total. The Kier molecular flexibility index (Phi) is 6.96. The number of hydrogen-bond acceptors (Lipinski definition) is 4. The lowest BCUT2D eigenvalue weighted by atomic mass is 10.2. The van der Waals surface area contributed by atoms with Gasteiger partial charge in [0.15, 0.2) is 0 Å². The number of nitrogens with one attached hydrogen (secondary N) is 2. The van der Waals surface area contributed by atoms with Crippen LogP contribution in [-0.4, -0.2) is 28.7 Å². The number of nitrogens with zero attached hydrogens (tertiary/aromatic N) is 1. The molecule has 0 spiro atoms. The number of thioether (sulfide) groups is 1. The molecule has 0 fully saturated rings. The van der Waals surface area contributed by atoms with Crippen LogP contribution >= 0.6 is 34.7 Å². The Labute approximate surface area is 193 Å². The first kappa shape index (κ1) is 21.5. The maximum absolute atomic E-state index is 12.4. The third-order valence-electron chi connectivity index (χ3n) is 4.62. The number of hydrogen-bond donors (Lipinski definition) is 2. The molecule has 0 radical (unpaired) electrons. The second-order valence-electron chi connectivity index (χ2n) is 6.78. The van der Waals surface area contributed by atoms with E-state index in [1.165, 1.54) is 23.1 Å². The van der Waals surface area contributed by atoms with E-state index in [1.54, 1.807) is 24.3 Å². The monoisotopic (exact) mass is 469 g/mol. The van der Waals surface area contributed by atoms with E-state index in [2.05, 4.69) is 21.3 Å². The second kappa shape index (κ2) is 10.0. The zero-order valence-corrected chi connectivity index (χ0v) is 18.9. The molecule has 4 aromatic rings. The van der Waals surface area contributed by atoms with E-state index in [0.29, 0.717) is 28.7 Å². The van der Waals surface area contributed by atoms with Crippen molar-refractivity contribution in [2.45, 2.75) is 11.4 Å². The third-order valence-corrected chi connectivity index (χ3v) is 6.79. The second-order valence-corrected chi connectivity index (χ2v) is 9.18. The van der Waals surface area contributed by atoms with Crippen LogP contribution in [0.3, 0.4) is 0 Å². The lowest BCUT2D eigenvalue weighted by Gasteiger charge is -2.06. The number of fused-ring (bicyclic) bond motifs is 1. The van der Waals surface area contributed by atoms with Crippen LogP contribution in [0.25, 0.3) is 10.9 Å². The standard InChI is InChI=1S/C23H20ClN3O2S2/c24-16-7-9-17(10-8-16)26-22(28)15-31-21-14-27(19-5-2-1-4-18(19)21)12-11-25-23(29)20-6-3-13-30-20/h1-10,13-14H,11-12,15H2,(H,25,29)(H,26,28). The highest BCUT2D eigenvalue weighted by Gasteiger charge is 2.12. The highest BCUT2D eigenvalue weighted by Crippen LogP contribution is 2.30. The van der Waals surface area contributed by atoms with Crippen molar-refractivity contribution in [1.82, 2.24) is 9.88 Å². The van der Waals surface area contributed by atoms with E-state index in [4.69, 9.17) is 11.6 Å². The summed E-state index contributed by atoms with van der Waals surface area (Å²) in [5, 5.41) is 9.46. The molecule has 0 aliphatic carbocycles. The molecular formula is C23H20ClN3O2S2. The SMILES string of the molecule is O=C(CSc1cn(CCNC(=O)c2cccs2)c2ccccc12)Nc1ccc(Cl)cc1. The number of para-hydroxylation sites is 1. The first-order valence-electron chi connectivity index (χ1n) is 9.68. The normalized spacial score (nSPS) is 10.9. The van der Waals surface area contributed by atoms with Gasteiger partial charge in [0.2, 0.25) is 5.91 Å². The maximum atomic E-state index is 12.4. The topological polar surface area (TPSA) is 63.1 Å². The minimum Gasteiger partial charge on any atom is -0.350 e. The lowest BCUT2D eigenvalue weighted by molar-refractivity contribution is -0.113. The first-order valence-corrected chi connectivity index (χ1v) is 11.9. The summed E-state index contributed by atoms with van der Waals surface area (Å²) in [5.41, 5.74) is 1.80. The summed E-state index contributed by atoms with van der Waals surface area (Å²) in [5.74, 6) is 0.165. The zero-order chi connectivity index (χ0) is 21.6. The van der Waals surface area contributed by atoms with Gasteiger partial charge in [-0.05, 0) is 41.8 Å². The highest BCUT2D eigenvalue weighted by atomic mass is 35.5. The molecule has 2 heterocycles. The van der Waals surface area contributed by atoms with Crippen LogP contribution in [0.15, 0.2) is 77.1 Å². The Balaban J connectivity index is 1.38. The summed E-state index contributed by atoms with van der Waals surface area (Å²) in [7, 11) is 0. The molecule has 2 aromatic carbocycles. The summed E-state index contributed by atoms with van der Waals surface area (Å²) in [6.45, 7) is 1.17. The summed E-state index contributed by atoms with van der Waals surface area (Å²) >= 11 is 8.81. The molecule has 0 unspecified atom stereocenters. The molecule has 4 rings (SSSR count). The van der Waals surface area contributed by atoms with E-state index in [9.17, 15) is 9.59 Å². The van der Waals surface area contributed by atoms with Gasteiger partial charge in [0.05, 0.1) is 10.6 Å². The molecule has 2 N–H and O–H groups in total. The van der Waals surface area contributed by atoms with Gasteiger partial charge in [-0.3, -0.25) is 9.59 Å². The van der Waals surface area contributed by atoms with Crippen molar-refractivity contribution in [2.24, 2.45) is 0 Å². The number of amides is 2. The van der Waals surface area contributed by atoms with Crippen molar-refractivity contribution in [3.8, 4) is 0 Å². The van der Waals surface area contributed by atoms with E-state index in [-0.39, 0.29) is 11.8 Å². The maximum Gasteiger partial charge on any atom is 0.261 e. The number of rotatable bonds is 8. The van der Waals surface area contributed by atoms with Crippen LogP contribution in [0, 0.1) is 0 Å². The van der Waals surface area contributed by atoms with Gasteiger partial charge in [0.25, 0.3) is 5.91 Å². The number of carbonyl (C=O) groups is 2. The molecule has 0 saturated carbocycles. The molecular weight excluding hydrogens is 450 g/mol. The lowest BCUT2D eigenvalue weighted by Crippen LogP contribution is -2.26. The van der Waals surface area contributed by atoms with Crippen LogP contribution in [0.1, 0.15) is 9.67 Å². The van der Waals surface area contributed by atoms with Crippen molar-refractivity contribution in [3.05, 3.63) is 82.1 Å². The Morgan fingerprint density at radius 3 is 2.61 bits per heavy atom. The van der Waals surface area contributed by atoms with E-state index in [0.717, 1.165) is 21.5 Å². The summed E-state index contributed by atoms with van der Waals surface area (Å²) in [6.07, 6.45) is 2.04. The molecule has 0 atom stereocenters. The van der Waals surface area contributed by atoms with Gasteiger partial charge < -0.3 is 15.2 Å². The Morgan fingerprint density at radius 2 is 1.84 bits per heavy atom. The minimum atomic E-state index is -0.0765. The van der Waals surface area contributed by atoms with Crippen molar-refractivity contribution in [2.75, 3.05) is 17.6 Å². The van der Waals surface area contributed by atoms with E-state index >= 15 is 0 Å². The fraction of sp³-hybridized carbons (Fsp3) is 0.130. The van der Waals surface area contributed by atoms with Gasteiger partial charge in [-0.2, -0.15) is 0 Å². The summed E-state index contributed by atoms with van der Waals surface area (Å²) < 4.78 is 2.11. The van der Waals surface area contributed by atoms with E-state index < -0.39 is 0 Å². The summed E-state index contributed by atoms with van der Waals surface area (Å²) in [6, 6.07) is 18.8. The van der Waals surface area contributed by atoms with Crippen molar-refractivity contribution < 1.29 is 9.59 Å². The predicted octanol–water partition coefficient (Wildman–Crippen LogP) is 5.52.